The van der Waals surface area contributed by atoms with Gasteiger partial charge in [-0.15, -0.1) is 11.8 Å². The van der Waals surface area contributed by atoms with E-state index < -0.39 is 0 Å². The molecule has 1 aromatic carbocycles. The molecule has 0 unspecified atom stereocenters. The van der Waals surface area contributed by atoms with Gasteiger partial charge in [0.05, 0.1) is 11.1 Å². The van der Waals surface area contributed by atoms with E-state index in [-0.39, 0.29) is 11.3 Å². The summed E-state index contributed by atoms with van der Waals surface area (Å²) >= 11 is 1.85. The van der Waals surface area contributed by atoms with Gasteiger partial charge in [0.15, 0.2) is 0 Å². The molecule has 1 amide bonds. The number of fused-ring (bicyclic) bond motifs is 1. The molecule has 1 saturated carbocycles. The van der Waals surface area contributed by atoms with Crippen LogP contribution in [0.2, 0.25) is 0 Å². The molecular formula is C15H19NOS. The molecule has 1 spiro atoms. The summed E-state index contributed by atoms with van der Waals surface area (Å²) in [6, 6.07) is 6.26. The maximum atomic E-state index is 12.6. The number of hydrogen-bond acceptors (Lipinski definition) is 2. The lowest BCUT2D eigenvalue weighted by Gasteiger charge is -2.33. The molecule has 1 N–H and O–H groups in total. The number of carbonyl (C=O) groups is 1. The summed E-state index contributed by atoms with van der Waals surface area (Å²) in [6.07, 6.45) is 5.79. The van der Waals surface area contributed by atoms with Crippen LogP contribution in [0.3, 0.4) is 0 Å². The van der Waals surface area contributed by atoms with Gasteiger partial charge in [-0.2, -0.15) is 0 Å². The summed E-state index contributed by atoms with van der Waals surface area (Å²) in [5.74, 6) is 1.19. The van der Waals surface area contributed by atoms with E-state index >= 15 is 0 Å². The average Bonchev–Trinajstić information content (AvgIpc) is 2.52. The van der Waals surface area contributed by atoms with E-state index in [1.54, 1.807) is 0 Å². The Kier molecular flexibility index (Phi) is 3.10. The van der Waals surface area contributed by atoms with Crippen LogP contribution in [-0.4, -0.2) is 11.7 Å². The minimum absolute atomic E-state index is 0.117. The second-order valence-corrected chi connectivity index (χ2v) is 6.55. The van der Waals surface area contributed by atoms with E-state index in [2.05, 4.69) is 30.4 Å². The number of benzene rings is 1. The molecule has 18 heavy (non-hydrogen) atoms. The van der Waals surface area contributed by atoms with Gasteiger partial charge in [-0.3, -0.25) is 4.79 Å². The quantitative estimate of drug-likeness (QED) is 0.765. The molecule has 0 bridgehead atoms. The molecule has 3 rings (SSSR count). The summed E-state index contributed by atoms with van der Waals surface area (Å²) in [7, 11) is 0. The van der Waals surface area contributed by atoms with Crippen LogP contribution in [0.15, 0.2) is 23.1 Å². The minimum atomic E-state index is -0.117. The van der Waals surface area contributed by atoms with Gasteiger partial charge in [0.25, 0.3) is 0 Å². The minimum Gasteiger partial charge on any atom is -0.324 e. The smallest absolute Gasteiger partial charge is 0.231 e. The van der Waals surface area contributed by atoms with Crippen molar-refractivity contribution in [3.8, 4) is 0 Å². The summed E-state index contributed by atoms with van der Waals surface area (Å²) in [4.78, 5) is 13.8. The maximum absolute atomic E-state index is 12.6. The number of carbonyl (C=O) groups excluding carboxylic acids is 1. The van der Waals surface area contributed by atoms with Crippen LogP contribution in [0.5, 0.6) is 0 Å². The van der Waals surface area contributed by atoms with Crippen LogP contribution in [0.1, 0.15) is 37.7 Å². The Morgan fingerprint density at radius 3 is 2.78 bits per heavy atom. The molecule has 1 aliphatic heterocycles. The van der Waals surface area contributed by atoms with Gasteiger partial charge in [-0.25, -0.2) is 0 Å². The van der Waals surface area contributed by atoms with Crippen LogP contribution < -0.4 is 5.32 Å². The normalized spacial score (nSPS) is 22.2. The van der Waals surface area contributed by atoms with Gasteiger partial charge >= 0.3 is 0 Å². The zero-order chi connectivity index (χ0) is 12.6. The summed E-state index contributed by atoms with van der Waals surface area (Å²) < 4.78 is 0. The molecule has 1 aliphatic carbocycles. The Labute approximate surface area is 113 Å². The second-order valence-electron chi connectivity index (χ2n) is 5.53. The number of amides is 1. The van der Waals surface area contributed by atoms with Crippen molar-refractivity contribution in [3.05, 3.63) is 23.8 Å². The standard InChI is InChI=1S/C15H19NOS/c1-11-6-5-7-12-13(11)16-14(17)15(10-18-12)8-3-2-4-9-15/h5-7H,2-4,8-10H2,1H3,(H,16,17). The zero-order valence-corrected chi connectivity index (χ0v) is 11.6. The van der Waals surface area contributed by atoms with Crippen molar-refractivity contribution in [2.24, 2.45) is 5.41 Å². The molecule has 96 valence electrons. The first kappa shape index (κ1) is 12.1. The zero-order valence-electron chi connectivity index (χ0n) is 10.8. The first-order valence-electron chi connectivity index (χ1n) is 6.75. The fourth-order valence-corrected chi connectivity index (χ4v) is 4.43. The number of nitrogens with one attached hydrogen (secondary N) is 1. The van der Waals surface area contributed by atoms with Crippen LogP contribution in [0, 0.1) is 12.3 Å². The number of aryl methyl sites for hydroxylation is 1. The van der Waals surface area contributed by atoms with E-state index in [0.29, 0.717) is 0 Å². The van der Waals surface area contributed by atoms with Crippen molar-refractivity contribution >= 4 is 23.4 Å². The first-order valence-corrected chi connectivity index (χ1v) is 7.74. The fraction of sp³-hybridized carbons (Fsp3) is 0.533. The molecule has 1 fully saturated rings. The van der Waals surface area contributed by atoms with Gasteiger partial charge < -0.3 is 5.32 Å². The third-order valence-electron chi connectivity index (χ3n) is 4.27. The van der Waals surface area contributed by atoms with Crippen LogP contribution in [-0.2, 0) is 4.79 Å². The first-order chi connectivity index (χ1) is 8.71. The van der Waals surface area contributed by atoms with Gasteiger partial charge in [-0.1, -0.05) is 31.4 Å². The molecule has 1 heterocycles. The molecule has 3 heteroatoms. The highest BCUT2D eigenvalue weighted by molar-refractivity contribution is 7.99. The van der Waals surface area contributed by atoms with Gasteiger partial charge in [0, 0.05) is 10.6 Å². The highest BCUT2D eigenvalue weighted by Gasteiger charge is 2.41. The Balaban J connectivity index is 1.95. The van der Waals surface area contributed by atoms with E-state index in [1.165, 1.54) is 29.7 Å². The largest absolute Gasteiger partial charge is 0.324 e. The number of thioether (sulfide) groups is 1. The van der Waals surface area contributed by atoms with Crippen LogP contribution >= 0.6 is 11.8 Å². The lowest BCUT2D eigenvalue weighted by Crippen LogP contribution is -2.39. The van der Waals surface area contributed by atoms with E-state index in [1.807, 2.05) is 11.8 Å². The second kappa shape index (κ2) is 4.61. The lowest BCUT2D eigenvalue weighted by molar-refractivity contribution is -0.126. The van der Waals surface area contributed by atoms with Crippen LogP contribution in [0.4, 0.5) is 5.69 Å². The van der Waals surface area contributed by atoms with Gasteiger partial charge in [0.1, 0.15) is 0 Å². The average molecular weight is 261 g/mol. The fourth-order valence-electron chi connectivity index (χ4n) is 3.05. The number of para-hydroxylation sites is 1. The Hall–Kier alpha value is -0.960. The number of rotatable bonds is 0. The van der Waals surface area contributed by atoms with Gasteiger partial charge in [0.2, 0.25) is 5.91 Å². The molecule has 0 aromatic heterocycles. The van der Waals surface area contributed by atoms with Crippen LogP contribution in [0.25, 0.3) is 0 Å². The maximum Gasteiger partial charge on any atom is 0.231 e. The summed E-state index contributed by atoms with van der Waals surface area (Å²) in [6.45, 7) is 2.07. The highest BCUT2D eigenvalue weighted by atomic mass is 32.2. The Morgan fingerprint density at radius 2 is 2.00 bits per heavy atom. The van der Waals surface area contributed by atoms with Crippen molar-refractivity contribution in [2.75, 3.05) is 11.1 Å². The molecule has 0 saturated heterocycles. The predicted molar refractivity (Wildman–Crippen MR) is 76.1 cm³/mol. The lowest BCUT2D eigenvalue weighted by atomic mass is 9.75. The molecule has 0 radical (unpaired) electrons. The molecule has 2 aliphatic rings. The van der Waals surface area contributed by atoms with Crippen molar-refractivity contribution in [1.82, 2.24) is 0 Å². The van der Waals surface area contributed by atoms with Crippen molar-refractivity contribution in [3.63, 3.8) is 0 Å². The predicted octanol–water partition coefficient (Wildman–Crippen LogP) is 3.99. The molecule has 0 atom stereocenters. The summed E-state index contributed by atoms with van der Waals surface area (Å²) in [5, 5.41) is 3.19. The number of anilines is 1. The van der Waals surface area contributed by atoms with Crippen molar-refractivity contribution < 1.29 is 4.79 Å². The van der Waals surface area contributed by atoms with E-state index in [9.17, 15) is 4.79 Å². The third-order valence-corrected chi connectivity index (χ3v) is 5.62. The van der Waals surface area contributed by atoms with Crippen molar-refractivity contribution in [2.45, 2.75) is 43.9 Å². The van der Waals surface area contributed by atoms with E-state index in [4.69, 9.17) is 0 Å². The molecule has 2 nitrogen and oxygen atoms in total. The topological polar surface area (TPSA) is 29.1 Å². The highest BCUT2D eigenvalue weighted by Crippen LogP contribution is 2.46. The Morgan fingerprint density at radius 1 is 1.22 bits per heavy atom. The van der Waals surface area contributed by atoms with Gasteiger partial charge in [-0.05, 0) is 31.4 Å². The SMILES string of the molecule is Cc1cccc2c1NC(=O)C1(CCCCC1)CS2. The summed E-state index contributed by atoms with van der Waals surface area (Å²) in [5.41, 5.74) is 2.09. The van der Waals surface area contributed by atoms with E-state index in [0.717, 1.165) is 24.3 Å². The molecular weight excluding hydrogens is 242 g/mol. The molecule has 1 aromatic rings. The Bertz CT molecular complexity index is 477. The number of hydrogen-bond donors (Lipinski definition) is 1. The third kappa shape index (κ3) is 1.95. The van der Waals surface area contributed by atoms with Crippen molar-refractivity contribution in [1.29, 1.82) is 0 Å². The monoisotopic (exact) mass is 261 g/mol.